The van der Waals surface area contributed by atoms with Gasteiger partial charge in [-0.15, -0.1) is 0 Å². The van der Waals surface area contributed by atoms with Crippen molar-refractivity contribution in [3.8, 4) is 0 Å². The van der Waals surface area contributed by atoms with Gasteiger partial charge in [0.25, 0.3) is 5.69 Å². The average Bonchev–Trinajstić information content (AvgIpc) is 2.53. The van der Waals surface area contributed by atoms with E-state index < -0.39 is 4.92 Å². The number of benzene rings is 2. The Bertz CT molecular complexity index is 820. The molecule has 0 atom stereocenters. The maximum atomic E-state index is 12.4. The quantitative estimate of drug-likeness (QED) is 0.538. The summed E-state index contributed by atoms with van der Waals surface area (Å²) >= 11 is 0. The predicted octanol–water partition coefficient (Wildman–Crippen LogP) is 3.78. The van der Waals surface area contributed by atoms with Gasteiger partial charge in [-0.3, -0.25) is 15.1 Å². The van der Waals surface area contributed by atoms with Gasteiger partial charge in [0.05, 0.1) is 11.1 Å². The van der Waals surface area contributed by atoms with Crippen LogP contribution in [0, 0.1) is 15.3 Å². The fraction of sp³-hybridized carbons (Fsp3) is 0. The number of anilines is 2. The van der Waals surface area contributed by atoms with E-state index in [9.17, 15) is 15.3 Å². The lowest BCUT2D eigenvalue weighted by atomic mass is 10.1. The lowest BCUT2D eigenvalue weighted by Gasteiger charge is -2.30. The van der Waals surface area contributed by atoms with Crippen LogP contribution in [0.2, 0.25) is 0 Å². The molecule has 21 heavy (non-hydrogen) atoms. The minimum atomic E-state index is -0.594. The summed E-state index contributed by atoms with van der Waals surface area (Å²) in [5, 5.41) is 25.8. The van der Waals surface area contributed by atoms with Gasteiger partial charge in [-0.1, -0.05) is 30.3 Å². The molecule has 3 rings (SSSR count). The first-order valence-corrected chi connectivity index (χ1v) is 6.21. The molecule has 1 heterocycles. The summed E-state index contributed by atoms with van der Waals surface area (Å²) < 4.78 is 0. The van der Waals surface area contributed by atoms with Crippen LogP contribution >= 0.6 is 0 Å². The largest absolute Gasteiger partial charge is 0.754 e. The summed E-state index contributed by atoms with van der Waals surface area (Å²) in [6, 6.07) is 13.9. The Morgan fingerprint density at radius 3 is 2.57 bits per heavy atom. The molecule has 0 aliphatic heterocycles. The Labute approximate surface area is 120 Å². The zero-order valence-electron chi connectivity index (χ0n) is 10.8. The molecule has 0 aliphatic carbocycles. The molecule has 0 fully saturated rings. The number of nitrogens with zero attached hydrogens (tertiary/aromatic N) is 3. The van der Waals surface area contributed by atoms with E-state index in [1.807, 2.05) is 24.3 Å². The van der Waals surface area contributed by atoms with Crippen molar-refractivity contribution >= 4 is 27.8 Å². The van der Waals surface area contributed by atoms with Crippen LogP contribution in [0.4, 0.5) is 17.1 Å². The maximum absolute atomic E-state index is 12.4. The summed E-state index contributed by atoms with van der Waals surface area (Å²) in [6.07, 6.45) is 2.48. The molecule has 0 aliphatic rings. The van der Waals surface area contributed by atoms with Gasteiger partial charge in [-0.25, -0.2) is 0 Å². The molecule has 0 spiro atoms. The molecule has 6 nitrogen and oxygen atoms in total. The molecule has 104 valence electrons. The first kappa shape index (κ1) is 13.0. The molecule has 0 unspecified atom stereocenters. The molecule has 1 aromatic heterocycles. The van der Waals surface area contributed by atoms with Crippen LogP contribution < -0.4 is 5.06 Å². The number of hydrogen-bond donors (Lipinski definition) is 0. The third kappa shape index (κ3) is 2.39. The summed E-state index contributed by atoms with van der Waals surface area (Å²) in [6.45, 7) is 0. The van der Waals surface area contributed by atoms with Crippen LogP contribution in [0.25, 0.3) is 10.8 Å². The Balaban J connectivity index is 2.08. The standard InChI is InChI=1S/C15H10N3O3/c19-17(15-10-16-8-7-14(15)18(20)21)13-6-5-11-3-1-2-4-12(11)9-13/h1-10H/q-1. The SMILES string of the molecule is O=[N+]([O-])c1ccncc1N([O-])c1ccc2ccccc2c1. The summed E-state index contributed by atoms with van der Waals surface area (Å²) in [5.41, 5.74) is -0.0317. The van der Waals surface area contributed by atoms with E-state index in [-0.39, 0.29) is 11.4 Å². The third-order valence-electron chi connectivity index (χ3n) is 3.16. The minimum absolute atomic E-state index is 0.0854. The second kappa shape index (κ2) is 5.18. The lowest BCUT2D eigenvalue weighted by molar-refractivity contribution is -0.384. The lowest BCUT2D eigenvalue weighted by Crippen LogP contribution is -2.09. The van der Waals surface area contributed by atoms with Gasteiger partial charge >= 0.3 is 0 Å². The van der Waals surface area contributed by atoms with Crippen molar-refractivity contribution in [2.24, 2.45) is 0 Å². The van der Waals surface area contributed by atoms with Gasteiger partial charge in [0.2, 0.25) is 0 Å². The number of pyridine rings is 1. The van der Waals surface area contributed by atoms with E-state index >= 15 is 0 Å². The number of nitro groups is 1. The van der Waals surface area contributed by atoms with Crippen LogP contribution in [0.3, 0.4) is 0 Å². The second-order valence-corrected chi connectivity index (χ2v) is 4.45. The van der Waals surface area contributed by atoms with Crippen molar-refractivity contribution in [2.75, 3.05) is 5.06 Å². The van der Waals surface area contributed by atoms with Gasteiger partial charge < -0.3 is 10.3 Å². The summed E-state index contributed by atoms with van der Waals surface area (Å²) in [5.74, 6) is 0. The molecule has 2 aromatic carbocycles. The number of rotatable bonds is 3. The molecule has 0 radical (unpaired) electrons. The molecule has 0 N–H and O–H groups in total. The summed E-state index contributed by atoms with van der Waals surface area (Å²) in [7, 11) is 0. The van der Waals surface area contributed by atoms with Crippen molar-refractivity contribution in [3.05, 3.63) is 76.2 Å². The van der Waals surface area contributed by atoms with Gasteiger partial charge in [0.1, 0.15) is 5.69 Å². The van der Waals surface area contributed by atoms with E-state index in [1.165, 1.54) is 18.5 Å². The normalized spacial score (nSPS) is 10.5. The Hall–Kier alpha value is -2.99. The molecule has 6 heteroatoms. The molecule has 3 aromatic rings. The van der Waals surface area contributed by atoms with Crippen LogP contribution in [0.1, 0.15) is 0 Å². The smallest absolute Gasteiger partial charge is 0.295 e. The van der Waals surface area contributed by atoms with Crippen molar-refractivity contribution in [3.63, 3.8) is 0 Å². The molecule has 0 bridgehead atoms. The van der Waals surface area contributed by atoms with Crippen LogP contribution in [0.5, 0.6) is 0 Å². The minimum Gasteiger partial charge on any atom is -0.754 e. The molecule has 0 saturated heterocycles. The van der Waals surface area contributed by atoms with E-state index in [1.54, 1.807) is 18.2 Å². The van der Waals surface area contributed by atoms with Gasteiger partial charge in [0, 0.05) is 18.0 Å². The van der Waals surface area contributed by atoms with E-state index in [0.717, 1.165) is 10.8 Å². The van der Waals surface area contributed by atoms with Crippen molar-refractivity contribution in [1.29, 1.82) is 0 Å². The van der Waals surface area contributed by atoms with Gasteiger partial charge in [-0.2, -0.15) is 0 Å². The molecule has 0 amide bonds. The van der Waals surface area contributed by atoms with Crippen molar-refractivity contribution in [1.82, 2.24) is 4.98 Å². The molecule has 0 saturated carbocycles. The van der Waals surface area contributed by atoms with E-state index in [4.69, 9.17) is 0 Å². The van der Waals surface area contributed by atoms with E-state index in [2.05, 4.69) is 4.98 Å². The fourth-order valence-electron chi connectivity index (χ4n) is 2.13. The highest BCUT2D eigenvalue weighted by Crippen LogP contribution is 2.33. The van der Waals surface area contributed by atoms with Gasteiger partial charge in [0.15, 0.2) is 0 Å². The number of aromatic nitrogens is 1. The monoisotopic (exact) mass is 280 g/mol. The highest BCUT2D eigenvalue weighted by atomic mass is 16.6. The highest BCUT2D eigenvalue weighted by molar-refractivity contribution is 5.87. The number of fused-ring (bicyclic) bond motifs is 1. The number of hydrogen-bond acceptors (Lipinski definition) is 5. The third-order valence-corrected chi connectivity index (χ3v) is 3.16. The second-order valence-electron chi connectivity index (χ2n) is 4.45. The average molecular weight is 280 g/mol. The summed E-state index contributed by atoms with van der Waals surface area (Å²) in [4.78, 5) is 14.2. The predicted molar refractivity (Wildman–Crippen MR) is 80.3 cm³/mol. The maximum Gasteiger partial charge on any atom is 0.295 e. The zero-order chi connectivity index (χ0) is 14.8. The first-order chi connectivity index (χ1) is 10.2. The Morgan fingerprint density at radius 1 is 1.05 bits per heavy atom. The zero-order valence-corrected chi connectivity index (χ0v) is 10.8. The molecular formula is C15H10N3O3-. The topological polar surface area (TPSA) is 82.3 Å². The van der Waals surface area contributed by atoms with Gasteiger partial charge in [-0.05, 0) is 22.9 Å². The van der Waals surface area contributed by atoms with Crippen LogP contribution in [-0.4, -0.2) is 9.91 Å². The van der Waals surface area contributed by atoms with Crippen molar-refractivity contribution < 1.29 is 4.92 Å². The highest BCUT2D eigenvalue weighted by Gasteiger charge is 2.15. The van der Waals surface area contributed by atoms with Crippen LogP contribution in [0.15, 0.2) is 60.9 Å². The van der Waals surface area contributed by atoms with E-state index in [0.29, 0.717) is 10.8 Å². The Kier molecular flexibility index (Phi) is 3.21. The fourth-order valence-corrected chi connectivity index (χ4v) is 2.13. The van der Waals surface area contributed by atoms with Crippen molar-refractivity contribution in [2.45, 2.75) is 0 Å². The molecular weight excluding hydrogens is 270 g/mol. The van der Waals surface area contributed by atoms with Crippen LogP contribution in [-0.2, 0) is 0 Å². The Morgan fingerprint density at radius 2 is 1.81 bits per heavy atom. The first-order valence-electron chi connectivity index (χ1n) is 6.21.